The number of halogens is 1. The minimum atomic E-state index is 0. The van der Waals surface area contributed by atoms with E-state index >= 15 is 0 Å². The number of rotatable bonds is 3. The highest BCUT2D eigenvalue weighted by Crippen LogP contribution is 2.43. The van der Waals surface area contributed by atoms with Crippen LogP contribution in [-0.2, 0) is 6.42 Å². The first-order valence-corrected chi connectivity index (χ1v) is 6.44. The molecule has 3 nitrogen and oxygen atoms in total. The lowest BCUT2D eigenvalue weighted by atomic mass is 9.86. The van der Waals surface area contributed by atoms with Crippen LogP contribution in [-0.4, -0.2) is 17.1 Å². The number of benzene rings is 1. The monoisotopic (exact) mass is 278 g/mol. The van der Waals surface area contributed by atoms with Gasteiger partial charge < -0.3 is 9.72 Å². The molecule has 2 unspecified atom stereocenters. The Hall–Kier alpha value is -1.48. The highest BCUT2D eigenvalue weighted by molar-refractivity contribution is 5.85. The van der Waals surface area contributed by atoms with Crippen molar-refractivity contribution in [2.45, 2.75) is 31.6 Å². The summed E-state index contributed by atoms with van der Waals surface area (Å²) in [7, 11) is 1.73. The van der Waals surface area contributed by atoms with E-state index in [1.54, 1.807) is 13.4 Å². The van der Waals surface area contributed by atoms with Crippen molar-refractivity contribution >= 4 is 12.4 Å². The average molecular weight is 279 g/mol. The first-order chi connectivity index (χ1) is 8.79. The van der Waals surface area contributed by atoms with E-state index in [0.29, 0.717) is 11.8 Å². The number of nitrogens with one attached hydrogen (secondary N) is 1. The topological polar surface area (TPSA) is 37.9 Å². The number of aromatic nitrogens is 2. The predicted octanol–water partition coefficient (Wildman–Crippen LogP) is 3.67. The van der Waals surface area contributed by atoms with Gasteiger partial charge in [-0.25, -0.2) is 4.98 Å². The first-order valence-electron chi connectivity index (χ1n) is 6.44. The zero-order valence-corrected chi connectivity index (χ0v) is 12.0. The highest BCUT2D eigenvalue weighted by Gasteiger charge is 2.29. The van der Waals surface area contributed by atoms with E-state index < -0.39 is 0 Å². The van der Waals surface area contributed by atoms with Gasteiger partial charge in [0.15, 0.2) is 0 Å². The smallest absolute Gasteiger partial charge is 0.119 e. The number of methoxy groups -OCH3 is 1. The van der Waals surface area contributed by atoms with Crippen molar-refractivity contribution in [1.82, 2.24) is 9.97 Å². The van der Waals surface area contributed by atoms with Gasteiger partial charge in [-0.1, -0.05) is 13.0 Å². The fraction of sp³-hybridized carbons (Fsp3) is 0.400. The molecule has 1 N–H and O–H groups in total. The summed E-state index contributed by atoms with van der Waals surface area (Å²) in [6.45, 7) is 2.27. The van der Waals surface area contributed by atoms with Crippen molar-refractivity contribution < 1.29 is 4.74 Å². The molecule has 1 aliphatic rings. The van der Waals surface area contributed by atoms with Crippen LogP contribution < -0.4 is 4.74 Å². The summed E-state index contributed by atoms with van der Waals surface area (Å²) in [5.41, 5.74) is 4.12. The normalized spacial score (nSPS) is 18.5. The molecule has 0 spiro atoms. The zero-order chi connectivity index (χ0) is 12.5. The number of nitrogens with zero attached hydrogens (tertiary/aromatic N) is 1. The summed E-state index contributed by atoms with van der Waals surface area (Å²) in [6, 6.07) is 6.45. The molecular formula is C15H19ClN2O. The molecule has 102 valence electrons. The molecule has 0 saturated heterocycles. The number of hydrogen-bond acceptors (Lipinski definition) is 2. The average Bonchev–Trinajstić information content (AvgIpc) is 3.06. The van der Waals surface area contributed by atoms with E-state index in [-0.39, 0.29) is 12.4 Å². The number of hydrogen-bond donors (Lipinski definition) is 1. The second-order valence-corrected chi connectivity index (χ2v) is 5.01. The van der Waals surface area contributed by atoms with Crippen molar-refractivity contribution in [3.8, 4) is 5.75 Å². The lowest BCUT2D eigenvalue weighted by Gasteiger charge is -2.19. The maximum Gasteiger partial charge on any atom is 0.119 e. The van der Waals surface area contributed by atoms with Crippen LogP contribution in [0.1, 0.15) is 42.0 Å². The van der Waals surface area contributed by atoms with Gasteiger partial charge in [0.05, 0.1) is 13.4 Å². The molecule has 1 aromatic carbocycles. The van der Waals surface area contributed by atoms with Crippen LogP contribution in [0.4, 0.5) is 0 Å². The fourth-order valence-electron chi connectivity index (χ4n) is 2.99. The van der Waals surface area contributed by atoms with Crippen molar-refractivity contribution in [3.63, 3.8) is 0 Å². The summed E-state index contributed by atoms with van der Waals surface area (Å²) in [5.74, 6) is 1.99. The maximum atomic E-state index is 5.34. The second-order valence-electron chi connectivity index (χ2n) is 5.01. The number of fused-ring (bicyclic) bond motifs is 1. The van der Waals surface area contributed by atoms with Gasteiger partial charge in [0.2, 0.25) is 0 Å². The van der Waals surface area contributed by atoms with Gasteiger partial charge in [0.25, 0.3) is 0 Å². The number of imidazole rings is 1. The largest absolute Gasteiger partial charge is 0.497 e. The van der Waals surface area contributed by atoms with E-state index in [4.69, 9.17) is 4.74 Å². The minimum absolute atomic E-state index is 0. The second kappa shape index (κ2) is 5.66. The molecule has 1 aliphatic carbocycles. The lowest BCUT2D eigenvalue weighted by Crippen LogP contribution is -2.05. The third-order valence-corrected chi connectivity index (χ3v) is 4.09. The molecule has 0 fully saturated rings. The molecule has 0 amide bonds. The first kappa shape index (κ1) is 13.9. The Morgan fingerprint density at radius 2 is 2.26 bits per heavy atom. The third kappa shape index (κ3) is 2.47. The molecule has 1 heterocycles. The van der Waals surface area contributed by atoms with Gasteiger partial charge in [-0.05, 0) is 42.0 Å². The summed E-state index contributed by atoms with van der Waals surface area (Å²) in [5, 5.41) is 0. The highest BCUT2D eigenvalue weighted by atomic mass is 35.5. The Morgan fingerprint density at radius 3 is 2.95 bits per heavy atom. The number of H-pyrrole nitrogens is 1. The molecule has 0 aliphatic heterocycles. The van der Waals surface area contributed by atoms with Crippen LogP contribution in [0.2, 0.25) is 0 Å². The Bertz CT molecular complexity index is 539. The Morgan fingerprint density at radius 1 is 1.42 bits per heavy atom. The van der Waals surface area contributed by atoms with Crippen molar-refractivity contribution in [3.05, 3.63) is 47.5 Å². The van der Waals surface area contributed by atoms with Crippen LogP contribution in [0.3, 0.4) is 0 Å². The summed E-state index contributed by atoms with van der Waals surface area (Å²) < 4.78 is 5.34. The summed E-state index contributed by atoms with van der Waals surface area (Å²) >= 11 is 0. The van der Waals surface area contributed by atoms with E-state index in [0.717, 1.165) is 5.75 Å². The SMILES string of the molecule is COc1ccc2c(c1)C(C(C)c1cnc[nH]1)CC2.Cl. The lowest BCUT2D eigenvalue weighted by molar-refractivity contribution is 0.413. The van der Waals surface area contributed by atoms with Gasteiger partial charge in [0, 0.05) is 17.8 Å². The van der Waals surface area contributed by atoms with Crippen LogP contribution in [0.25, 0.3) is 0 Å². The molecule has 0 radical (unpaired) electrons. The van der Waals surface area contributed by atoms with E-state index in [1.165, 1.54) is 29.7 Å². The maximum absolute atomic E-state index is 5.34. The summed E-state index contributed by atoms with van der Waals surface area (Å²) in [6.07, 6.45) is 6.07. The fourth-order valence-corrected chi connectivity index (χ4v) is 2.99. The molecule has 2 atom stereocenters. The number of aromatic amines is 1. The molecule has 3 rings (SSSR count). The van der Waals surface area contributed by atoms with E-state index in [1.807, 2.05) is 6.20 Å². The Balaban J connectivity index is 0.00000133. The Labute approximate surface area is 119 Å². The summed E-state index contributed by atoms with van der Waals surface area (Å²) in [4.78, 5) is 7.35. The Kier molecular flexibility index (Phi) is 4.15. The quantitative estimate of drug-likeness (QED) is 0.930. The van der Waals surface area contributed by atoms with Crippen LogP contribution in [0, 0.1) is 0 Å². The molecule has 19 heavy (non-hydrogen) atoms. The van der Waals surface area contributed by atoms with Crippen LogP contribution >= 0.6 is 12.4 Å². The van der Waals surface area contributed by atoms with Crippen LogP contribution in [0.5, 0.6) is 5.75 Å². The molecule has 2 aromatic rings. The van der Waals surface area contributed by atoms with Crippen molar-refractivity contribution in [2.75, 3.05) is 7.11 Å². The third-order valence-electron chi connectivity index (χ3n) is 4.09. The molecule has 0 saturated carbocycles. The predicted molar refractivity (Wildman–Crippen MR) is 78.3 cm³/mol. The van der Waals surface area contributed by atoms with Crippen LogP contribution in [0.15, 0.2) is 30.7 Å². The molecular weight excluding hydrogens is 260 g/mol. The van der Waals surface area contributed by atoms with Gasteiger partial charge in [-0.3, -0.25) is 0 Å². The standard InChI is InChI=1S/C15H18N2O.ClH/c1-10(15-8-16-9-17-15)13-6-4-11-3-5-12(18-2)7-14(11)13;/h3,5,7-10,13H,4,6H2,1-2H3,(H,16,17);1H. The zero-order valence-electron chi connectivity index (χ0n) is 11.2. The molecule has 0 bridgehead atoms. The molecule has 1 aromatic heterocycles. The number of ether oxygens (including phenoxy) is 1. The minimum Gasteiger partial charge on any atom is -0.497 e. The van der Waals surface area contributed by atoms with Crippen molar-refractivity contribution in [1.29, 1.82) is 0 Å². The van der Waals surface area contributed by atoms with Gasteiger partial charge in [-0.15, -0.1) is 12.4 Å². The van der Waals surface area contributed by atoms with E-state index in [9.17, 15) is 0 Å². The number of aryl methyl sites for hydroxylation is 1. The molecule has 4 heteroatoms. The van der Waals surface area contributed by atoms with Gasteiger partial charge in [0.1, 0.15) is 5.75 Å². The van der Waals surface area contributed by atoms with E-state index in [2.05, 4.69) is 35.1 Å². The van der Waals surface area contributed by atoms with Gasteiger partial charge in [-0.2, -0.15) is 0 Å². The van der Waals surface area contributed by atoms with Crippen molar-refractivity contribution in [2.24, 2.45) is 0 Å². The van der Waals surface area contributed by atoms with Gasteiger partial charge >= 0.3 is 0 Å².